The predicted molar refractivity (Wildman–Crippen MR) is 42.5 cm³/mol. The Bertz CT molecular complexity index is 152. The Morgan fingerprint density at radius 3 is 2.64 bits per heavy atom. The van der Waals surface area contributed by atoms with Crippen molar-refractivity contribution in [2.45, 2.75) is 26.3 Å². The van der Waals surface area contributed by atoms with Gasteiger partial charge in [0.1, 0.15) is 0 Å². The highest BCUT2D eigenvalue weighted by atomic mass is 16.4. The minimum atomic E-state index is -0.697. The van der Waals surface area contributed by atoms with Gasteiger partial charge in [-0.25, -0.2) is 0 Å². The summed E-state index contributed by atoms with van der Waals surface area (Å²) in [5, 5.41) is 8.49. The van der Waals surface area contributed by atoms with Crippen LogP contribution in [0.4, 0.5) is 0 Å². The van der Waals surface area contributed by atoms with E-state index in [4.69, 9.17) is 5.11 Å². The summed E-state index contributed by atoms with van der Waals surface area (Å²) in [5.41, 5.74) is 0. The summed E-state index contributed by atoms with van der Waals surface area (Å²) < 4.78 is 0. The zero-order valence-corrected chi connectivity index (χ0v) is 7.08. The lowest BCUT2D eigenvalue weighted by atomic mass is 9.99. The first kappa shape index (κ1) is 8.53. The number of nitrogens with zero attached hydrogens (tertiary/aromatic N) is 1. The molecule has 0 spiro atoms. The lowest BCUT2D eigenvalue weighted by molar-refractivity contribution is -0.138. The van der Waals surface area contributed by atoms with E-state index < -0.39 is 5.97 Å². The van der Waals surface area contributed by atoms with Crippen LogP contribution in [0.3, 0.4) is 0 Å². The largest absolute Gasteiger partial charge is 0.481 e. The summed E-state index contributed by atoms with van der Waals surface area (Å²) >= 11 is 0. The molecule has 0 aromatic carbocycles. The average Bonchev–Trinajstić information content (AvgIpc) is 1.79. The Hall–Kier alpha value is -0.570. The van der Waals surface area contributed by atoms with Crippen LogP contribution in [0.1, 0.15) is 20.3 Å². The van der Waals surface area contributed by atoms with Crippen LogP contribution in [0.2, 0.25) is 0 Å². The van der Waals surface area contributed by atoms with Crippen molar-refractivity contribution in [1.82, 2.24) is 4.90 Å². The molecule has 0 aromatic heterocycles. The number of carboxylic acid groups (broad SMARTS) is 1. The van der Waals surface area contributed by atoms with Crippen LogP contribution < -0.4 is 0 Å². The quantitative estimate of drug-likeness (QED) is 0.658. The molecule has 1 N–H and O–H groups in total. The third-order valence-corrected chi connectivity index (χ3v) is 2.19. The second-order valence-electron chi connectivity index (χ2n) is 3.51. The molecule has 0 aromatic rings. The zero-order valence-electron chi connectivity index (χ0n) is 7.08. The number of hydrogen-bond acceptors (Lipinski definition) is 2. The Morgan fingerprint density at radius 1 is 1.73 bits per heavy atom. The summed E-state index contributed by atoms with van der Waals surface area (Å²) in [6, 6.07) is 0.212. The van der Waals surface area contributed by atoms with E-state index >= 15 is 0 Å². The molecule has 64 valence electrons. The molecular formula is C8H15NO2. The van der Waals surface area contributed by atoms with Crippen LogP contribution in [0, 0.1) is 5.92 Å². The lowest BCUT2D eigenvalue weighted by Gasteiger charge is -2.41. The molecule has 1 saturated heterocycles. The molecule has 0 saturated carbocycles. The summed E-state index contributed by atoms with van der Waals surface area (Å²) in [7, 11) is 0. The van der Waals surface area contributed by atoms with Crippen molar-refractivity contribution in [1.29, 1.82) is 0 Å². The highest BCUT2D eigenvalue weighted by Crippen LogP contribution is 2.18. The topological polar surface area (TPSA) is 40.5 Å². The second kappa shape index (κ2) is 3.22. The third-order valence-electron chi connectivity index (χ3n) is 2.19. The van der Waals surface area contributed by atoms with Gasteiger partial charge in [0.2, 0.25) is 0 Å². The Morgan fingerprint density at radius 2 is 2.27 bits per heavy atom. The molecule has 1 unspecified atom stereocenters. The Labute approximate surface area is 67.0 Å². The maximum absolute atomic E-state index is 10.3. The average molecular weight is 157 g/mol. The van der Waals surface area contributed by atoms with E-state index in [0.717, 1.165) is 19.0 Å². The van der Waals surface area contributed by atoms with Crippen molar-refractivity contribution < 1.29 is 9.90 Å². The van der Waals surface area contributed by atoms with Gasteiger partial charge in [-0.05, 0) is 12.8 Å². The molecule has 1 rings (SSSR count). The lowest BCUT2D eigenvalue weighted by Crippen LogP contribution is -2.50. The van der Waals surface area contributed by atoms with E-state index in [1.807, 2.05) is 6.92 Å². The summed E-state index contributed by atoms with van der Waals surface area (Å²) in [4.78, 5) is 12.5. The maximum atomic E-state index is 10.3. The summed E-state index contributed by atoms with van der Waals surface area (Å²) in [6.07, 6.45) is 0.271. The van der Waals surface area contributed by atoms with Crippen LogP contribution >= 0.6 is 0 Å². The zero-order chi connectivity index (χ0) is 8.43. The highest BCUT2D eigenvalue weighted by Gasteiger charge is 2.27. The van der Waals surface area contributed by atoms with Gasteiger partial charge in [-0.1, -0.05) is 6.92 Å². The van der Waals surface area contributed by atoms with Gasteiger partial charge in [0, 0.05) is 19.1 Å². The molecule has 0 aliphatic carbocycles. The molecule has 1 heterocycles. The van der Waals surface area contributed by atoms with Gasteiger partial charge in [-0.2, -0.15) is 0 Å². The molecule has 11 heavy (non-hydrogen) atoms. The fourth-order valence-corrected chi connectivity index (χ4v) is 1.49. The smallest absolute Gasteiger partial charge is 0.304 e. The van der Waals surface area contributed by atoms with Gasteiger partial charge < -0.3 is 5.11 Å². The van der Waals surface area contributed by atoms with E-state index in [1.165, 1.54) is 0 Å². The van der Waals surface area contributed by atoms with Crippen LogP contribution in [-0.2, 0) is 4.79 Å². The minimum absolute atomic E-state index is 0.212. The Kier molecular flexibility index (Phi) is 2.49. The molecule has 1 atom stereocenters. The molecule has 0 bridgehead atoms. The van der Waals surface area contributed by atoms with E-state index in [9.17, 15) is 4.79 Å². The standard InChI is InChI=1S/C8H15NO2/c1-6-4-9(5-6)7(2)3-8(10)11/h6-7H,3-5H2,1-2H3,(H,10,11). The van der Waals surface area contributed by atoms with E-state index in [0.29, 0.717) is 0 Å². The fraction of sp³-hybridized carbons (Fsp3) is 0.875. The van der Waals surface area contributed by atoms with Gasteiger partial charge in [0.25, 0.3) is 0 Å². The molecule has 1 aliphatic heterocycles. The first-order chi connectivity index (χ1) is 5.09. The molecule has 3 heteroatoms. The molecule has 0 amide bonds. The monoisotopic (exact) mass is 157 g/mol. The fourth-order valence-electron chi connectivity index (χ4n) is 1.49. The SMILES string of the molecule is CC1CN(C(C)CC(=O)O)C1. The van der Waals surface area contributed by atoms with Crippen molar-refractivity contribution in [2.24, 2.45) is 5.92 Å². The highest BCUT2D eigenvalue weighted by molar-refractivity contribution is 5.67. The minimum Gasteiger partial charge on any atom is -0.481 e. The van der Waals surface area contributed by atoms with E-state index in [-0.39, 0.29) is 12.5 Å². The van der Waals surface area contributed by atoms with Gasteiger partial charge in [0.15, 0.2) is 0 Å². The normalized spacial score (nSPS) is 22.7. The van der Waals surface area contributed by atoms with Crippen LogP contribution in [0.25, 0.3) is 0 Å². The van der Waals surface area contributed by atoms with Gasteiger partial charge >= 0.3 is 5.97 Å². The number of hydrogen-bond donors (Lipinski definition) is 1. The van der Waals surface area contributed by atoms with Crippen molar-refractivity contribution in [3.8, 4) is 0 Å². The predicted octanol–water partition coefficient (Wildman–Crippen LogP) is 0.801. The van der Waals surface area contributed by atoms with Crippen LogP contribution in [0.5, 0.6) is 0 Å². The van der Waals surface area contributed by atoms with Crippen molar-refractivity contribution in [3.05, 3.63) is 0 Å². The molecule has 1 aliphatic rings. The van der Waals surface area contributed by atoms with Gasteiger partial charge in [0.05, 0.1) is 6.42 Å². The van der Waals surface area contributed by atoms with Crippen molar-refractivity contribution in [3.63, 3.8) is 0 Å². The van der Waals surface area contributed by atoms with Gasteiger partial charge in [-0.3, -0.25) is 9.69 Å². The third kappa shape index (κ3) is 2.19. The number of rotatable bonds is 3. The van der Waals surface area contributed by atoms with Gasteiger partial charge in [-0.15, -0.1) is 0 Å². The maximum Gasteiger partial charge on any atom is 0.304 e. The van der Waals surface area contributed by atoms with E-state index in [2.05, 4.69) is 11.8 Å². The van der Waals surface area contributed by atoms with Crippen LogP contribution in [0.15, 0.2) is 0 Å². The van der Waals surface area contributed by atoms with E-state index in [1.54, 1.807) is 0 Å². The van der Waals surface area contributed by atoms with Crippen molar-refractivity contribution >= 4 is 5.97 Å². The molecule has 0 radical (unpaired) electrons. The second-order valence-corrected chi connectivity index (χ2v) is 3.51. The number of carboxylic acids is 1. The first-order valence-corrected chi connectivity index (χ1v) is 4.05. The number of likely N-dealkylation sites (tertiary alicyclic amines) is 1. The van der Waals surface area contributed by atoms with Crippen molar-refractivity contribution in [2.75, 3.05) is 13.1 Å². The summed E-state index contributed by atoms with van der Waals surface area (Å²) in [6.45, 7) is 6.28. The summed E-state index contributed by atoms with van der Waals surface area (Å²) in [5.74, 6) is 0.0586. The molecule has 3 nitrogen and oxygen atoms in total. The number of carbonyl (C=O) groups is 1. The van der Waals surface area contributed by atoms with Crippen LogP contribution in [-0.4, -0.2) is 35.1 Å². The first-order valence-electron chi connectivity index (χ1n) is 4.05. The Balaban J connectivity index is 2.21. The molecular weight excluding hydrogens is 142 g/mol. The number of aliphatic carboxylic acids is 1. The molecule has 1 fully saturated rings.